The molecule has 1 heterocycles. The van der Waals surface area contributed by atoms with Gasteiger partial charge in [0.25, 0.3) is 0 Å². The Morgan fingerprint density at radius 3 is 2.61 bits per heavy atom. The zero-order chi connectivity index (χ0) is 13.3. The van der Waals surface area contributed by atoms with Crippen molar-refractivity contribution in [1.29, 1.82) is 0 Å². The maximum absolute atomic E-state index is 5.46. The van der Waals surface area contributed by atoms with E-state index in [1.807, 2.05) is 0 Å². The molecule has 0 amide bonds. The first kappa shape index (κ1) is 13.3. The minimum Gasteiger partial charge on any atom is -0.331 e. The fourth-order valence-electron chi connectivity index (χ4n) is 2.37. The molecule has 0 saturated carbocycles. The van der Waals surface area contributed by atoms with Crippen LogP contribution < -0.4 is 0 Å². The van der Waals surface area contributed by atoms with Gasteiger partial charge in [-0.1, -0.05) is 19.9 Å². The van der Waals surface area contributed by atoms with Crippen molar-refractivity contribution in [3.05, 3.63) is 28.5 Å². The van der Waals surface area contributed by atoms with Gasteiger partial charge in [0, 0.05) is 6.04 Å². The highest BCUT2D eigenvalue weighted by Crippen LogP contribution is 2.24. The minimum atomic E-state index is 0.454. The molecule has 0 aliphatic carbocycles. The first-order valence-electron chi connectivity index (χ1n) is 6.70. The molecule has 2 aromatic rings. The topological polar surface area (TPSA) is 20.7 Å². The van der Waals surface area contributed by atoms with Crippen molar-refractivity contribution in [3.63, 3.8) is 0 Å². The number of aromatic nitrogens is 2. The van der Waals surface area contributed by atoms with Crippen LogP contribution in [0.4, 0.5) is 0 Å². The van der Waals surface area contributed by atoms with E-state index >= 15 is 0 Å². The first-order valence-corrected chi connectivity index (χ1v) is 7.10. The number of aryl methyl sites for hydroxylation is 1. The smallest absolute Gasteiger partial charge is 0.178 e. The second kappa shape index (κ2) is 5.27. The van der Waals surface area contributed by atoms with Crippen LogP contribution in [0.1, 0.15) is 45.2 Å². The number of aromatic amines is 1. The summed E-state index contributed by atoms with van der Waals surface area (Å²) in [5.41, 5.74) is 3.65. The average molecular weight is 262 g/mol. The second-order valence-electron chi connectivity index (χ2n) is 5.64. The van der Waals surface area contributed by atoms with Crippen molar-refractivity contribution in [3.8, 4) is 0 Å². The van der Waals surface area contributed by atoms with Crippen molar-refractivity contribution < 1.29 is 0 Å². The fraction of sp³-hybridized carbons (Fsp3) is 0.533. The average Bonchev–Trinajstić information content (AvgIpc) is 2.61. The predicted molar refractivity (Wildman–Crippen MR) is 80.6 cm³/mol. The Morgan fingerprint density at radius 2 is 1.94 bits per heavy atom. The van der Waals surface area contributed by atoms with E-state index in [4.69, 9.17) is 12.2 Å². The number of hydrogen-bond donors (Lipinski definition) is 1. The van der Waals surface area contributed by atoms with Gasteiger partial charge >= 0.3 is 0 Å². The lowest BCUT2D eigenvalue weighted by Gasteiger charge is -2.16. The predicted octanol–water partition coefficient (Wildman–Crippen LogP) is 5.00. The molecule has 0 aliphatic rings. The van der Waals surface area contributed by atoms with Crippen LogP contribution in [0.5, 0.6) is 0 Å². The quantitative estimate of drug-likeness (QED) is 0.769. The summed E-state index contributed by atoms with van der Waals surface area (Å²) in [5.74, 6) is 0.744. The number of benzene rings is 1. The summed E-state index contributed by atoms with van der Waals surface area (Å²) in [5, 5.41) is 0. The molecule has 1 atom stereocenters. The van der Waals surface area contributed by atoms with Crippen LogP contribution in [0.3, 0.4) is 0 Å². The molecule has 3 heteroatoms. The van der Waals surface area contributed by atoms with Crippen molar-refractivity contribution in [1.82, 2.24) is 9.55 Å². The fourth-order valence-corrected chi connectivity index (χ4v) is 2.76. The minimum absolute atomic E-state index is 0.454. The number of rotatable bonds is 4. The monoisotopic (exact) mass is 262 g/mol. The van der Waals surface area contributed by atoms with Gasteiger partial charge in [-0.05, 0) is 62.5 Å². The molecular formula is C15H22N2S. The van der Waals surface area contributed by atoms with Gasteiger partial charge in [0.05, 0.1) is 11.0 Å². The third-order valence-corrected chi connectivity index (χ3v) is 3.77. The standard InChI is InChI=1S/C15H22N2S/c1-10(2)5-7-12(4)17-14-9-11(3)6-8-13(14)16-15(17)18/h6,8-10,12H,5,7H2,1-4H3,(H,16,18). The van der Waals surface area contributed by atoms with Gasteiger partial charge in [0.15, 0.2) is 4.77 Å². The van der Waals surface area contributed by atoms with E-state index in [0.717, 1.165) is 16.2 Å². The molecule has 0 bridgehead atoms. The van der Waals surface area contributed by atoms with Crippen LogP contribution in [-0.2, 0) is 0 Å². The number of imidazole rings is 1. The lowest BCUT2D eigenvalue weighted by Crippen LogP contribution is -2.06. The molecule has 18 heavy (non-hydrogen) atoms. The molecule has 1 aromatic heterocycles. The lowest BCUT2D eigenvalue weighted by atomic mass is 10.0. The van der Waals surface area contributed by atoms with Gasteiger partial charge in [0.1, 0.15) is 0 Å². The molecule has 98 valence electrons. The third kappa shape index (κ3) is 2.66. The highest BCUT2D eigenvalue weighted by Gasteiger charge is 2.11. The Bertz CT molecular complexity index is 592. The van der Waals surface area contributed by atoms with Gasteiger partial charge < -0.3 is 9.55 Å². The summed E-state index contributed by atoms with van der Waals surface area (Å²) < 4.78 is 3.10. The number of nitrogens with one attached hydrogen (secondary N) is 1. The number of H-pyrrole nitrogens is 1. The molecule has 0 saturated heterocycles. The molecule has 0 spiro atoms. The van der Waals surface area contributed by atoms with Gasteiger partial charge in [0.2, 0.25) is 0 Å². The molecule has 2 nitrogen and oxygen atoms in total. The molecule has 1 N–H and O–H groups in total. The lowest BCUT2D eigenvalue weighted by molar-refractivity contribution is 0.443. The Kier molecular flexibility index (Phi) is 3.91. The van der Waals surface area contributed by atoms with E-state index in [2.05, 4.69) is 55.4 Å². The van der Waals surface area contributed by atoms with Crippen LogP contribution in [0.15, 0.2) is 18.2 Å². The number of nitrogens with zero attached hydrogens (tertiary/aromatic N) is 1. The summed E-state index contributed by atoms with van der Waals surface area (Å²) >= 11 is 5.46. The van der Waals surface area contributed by atoms with Gasteiger partial charge in [-0.25, -0.2) is 0 Å². The first-order chi connectivity index (χ1) is 8.49. The van der Waals surface area contributed by atoms with E-state index in [0.29, 0.717) is 6.04 Å². The zero-order valence-corrected chi connectivity index (χ0v) is 12.5. The summed E-state index contributed by atoms with van der Waals surface area (Å²) in [6.45, 7) is 8.92. The largest absolute Gasteiger partial charge is 0.331 e. The maximum atomic E-state index is 5.46. The zero-order valence-electron chi connectivity index (χ0n) is 11.7. The highest BCUT2D eigenvalue weighted by molar-refractivity contribution is 7.71. The van der Waals surface area contributed by atoms with Crippen LogP contribution in [0.25, 0.3) is 11.0 Å². The normalized spacial score (nSPS) is 13.4. The van der Waals surface area contributed by atoms with Gasteiger partial charge in [-0.3, -0.25) is 0 Å². The third-order valence-electron chi connectivity index (χ3n) is 3.48. The second-order valence-corrected chi connectivity index (χ2v) is 6.03. The maximum Gasteiger partial charge on any atom is 0.178 e. The molecule has 0 radical (unpaired) electrons. The van der Waals surface area contributed by atoms with Gasteiger partial charge in [-0.2, -0.15) is 0 Å². The summed E-state index contributed by atoms with van der Waals surface area (Å²) in [4.78, 5) is 3.30. The van der Waals surface area contributed by atoms with Crippen LogP contribution in [0, 0.1) is 17.6 Å². The van der Waals surface area contributed by atoms with E-state index in [9.17, 15) is 0 Å². The molecule has 1 aromatic carbocycles. The van der Waals surface area contributed by atoms with E-state index in [1.54, 1.807) is 0 Å². The van der Waals surface area contributed by atoms with E-state index in [-0.39, 0.29) is 0 Å². The van der Waals surface area contributed by atoms with Crippen LogP contribution in [0.2, 0.25) is 0 Å². The Hall–Kier alpha value is -1.09. The van der Waals surface area contributed by atoms with Gasteiger partial charge in [-0.15, -0.1) is 0 Å². The van der Waals surface area contributed by atoms with E-state index in [1.165, 1.54) is 23.9 Å². The highest BCUT2D eigenvalue weighted by atomic mass is 32.1. The molecule has 2 rings (SSSR count). The number of hydrogen-bond acceptors (Lipinski definition) is 1. The van der Waals surface area contributed by atoms with E-state index < -0.39 is 0 Å². The number of fused-ring (bicyclic) bond motifs is 1. The summed E-state index contributed by atoms with van der Waals surface area (Å²) in [7, 11) is 0. The Labute approximate surface area is 114 Å². The molecule has 0 fully saturated rings. The van der Waals surface area contributed by atoms with Crippen molar-refractivity contribution >= 4 is 23.3 Å². The SMILES string of the molecule is Cc1ccc2[nH]c(=S)n(C(C)CCC(C)C)c2c1. The summed E-state index contributed by atoms with van der Waals surface area (Å²) in [6.07, 6.45) is 2.41. The van der Waals surface area contributed by atoms with Crippen molar-refractivity contribution in [2.45, 2.75) is 46.6 Å². The van der Waals surface area contributed by atoms with Crippen molar-refractivity contribution in [2.75, 3.05) is 0 Å². The summed E-state index contributed by atoms with van der Waals surface area (Å²) in [6, 6.07) is 6.91. The van der Waals surface area contributed by atoms with Crippen molar-refractivity contribution in [2.24, 2.45) is 5.92 Å². The Balaban J connectivity index is 2.40. The van der Waals surface area contributed by atoms with Crippen LogP contribution in [-0.4, -0.2) is 9.55 Å². The molecule has 1 unspecified atom stereocenters. The molecular weight excluding hydrogens is 240 g/mol. The molecule has 0 aliphatic heterocycles. The Morgan fingerprint density at radius 1 is 1.22 bits per heavy atom. The van der Waals surface area contributed by atoms with Crippen LogP contribution >= 0.6 is 12.2 Å².